The molecule has 5 heteroatoms. The van der Waals surface area contributed by atoms with Crippen LogP contribution in [-0.2, 0) is 12.8 Å². The molecule has 1 unspecified atom stereocenters. The molecule has 2 aromatic rings. The van der Waals surface area contributed by atoms with Gasteiger partial charge in [-0.15, -0.1) is 11.3 Å². The van der Waals surface area contributed by atoms with Crippen molar-refractivity contribution in [2.45, 2.75) is 32.7 Å². The maximum absolute atomic E-state index is 13.8. The second kappa shape index (κ2) is 5.99. The normalized spacial score (nSPS) is 12.7. The third-order valence-electron chi connectivity index (χ3n) is 3.02. The fourth-order valence-corrected chi connectivity index (χ4v) is 3.13. The molecule has 1 atom stereocenters. The molecule has 0 aliphatic heterocycles. The molecule has 1 heterocycles. The average Bonchev–Trinajstić information content (AvgIpc) is 2.64. The second-order valence-corrected chi connectivity index (χ2v) is 6.33. The van der Waals surface area contributed by atoms with Crippen LogP contribution in [0, 0.1) is 19.7 Å². The minimum Gasteiger partial charge on any atom is -0.327 e. The molecule has 1 aromatic heterocycles. The minimum atomic E-state index is -0.369. The molecule has 0 amide bonds. The molecule has 0 aliphatic carbocycles. The first kappa shape index (κ1) is 14.4. The van der Waals surface area contributed by atoms with E-state index in [0.717, 1.165) is 10.7 Å². The Kier molecular flexibility index (Phi) is 4.55. The van der Waals surface area contributed by atoms with Gasteiger partial charge >= 0.3 is 0 Å². The third-order valence-corrected chi connectivity index (χ3v) is 4.41. The van der Waals surface area contributed by atoms with Gasteiger partial charge in [0.15, 0.2) is 0 Å². The first-order chi connectivity index (χ1) is 8.97. The molecule has 0 fully saturated rings. The number of aryl methyl sites for hydroxylation is 2. The van der Waals surface area contributed by atoms with Crippen LogP contribution >= 0.6 is 22.9 Å². The molecule has 19 heavy (non-hydrogen) atoms. The van der Waals surface area contributed by atoms with Crippen molar-refractivity contribution in [3.8, 4) is 0 Å². The first-order valence-corrected chi connectivity index (χ1v) is 7.28. The second-order valence-electron chi connectivity index (χ2n) is 4.63. The van der Waals surface area contributed by atoms with Gasteiger partial charge in [0.1, 0.15) is 5.82 Å². The van der Waals surface area contributed by atoms with Crippen molar-refractivity contribution >= 4 is 22.9 Å². The molecule has 102 valence electrons. The van der Waals surface area contributed by atoms with Crippen molar-refractivity contribution in [2.75, 3.05) is 0 Å². The van der Waals surface area contributed by atoms with Crippen LogP contribution in [-0.4, -0.2) is 11.0 Å². The van der Waals surface area contributed by atoms with Gasteiger partial charge in [0.2, 0.25) is 0 Å². The van der Waals surface area contributed by atoms with Crippen molar-refractivity contribution in [1.29, 1.82) is 0 Å². The number of hydrogen-bond donors (Lipinski definition) is 1. The number of benzene rings is 1. The quantitative estimate of drug-likeness (QED) is 0.935. The first-order valence-electron chi connectivity index (χ1n) is 6.08. The van der Waals surface area contributed by atoms with Crippen molar-refractivity contribution < 1.29 is 4.39 Å². The maximum atomic E-state index is 13.8. The van der Waals surface area contributed by atoms with E-state index in [1.54, 1.807) is 29.5 Å². The summed E-state index contributed by atoms with van der Waals surface area (Å²) in [4.78, 5) is 5.66. The third kappa shape index (κ3) is 3.53. The summed E-state index contributed by atoms with van der Waals surface area (Å²) in [7, 11) is 0. The standard InChI is InChI=1S/C14H16ClFN2S/c1-8-9(2)19-13(18-8)7-11(17)6-10-4-3-5-12(15)14(10)16/h3-5,11H,6-7,17H2,1-2H3. The van der Waals surface area contributed by atoms with E-state index in [4.69, 9.17) is 17.3 Å². The van der Waals surface area contributed by atoms with E-state index in [1.807, 2.05) is 13.8 Å². The summed E-state index contributed by atoms with van der Waals surface area (Å²) in [6.45, 7) is 4.02. The van der Waals surface area contributed by atoms with E-state index < -0.39 is 0 Å². The van der Waals surface area contributed by atoms with Crippen molar-refractivity contribution in [3.05, 3.63) is 50.2 Å². The number of halogens is 2. The molecule has 2 N–H and O–H groups in total. The zero-order valence-corrected chi connectivity index (χ0v) is 12.5. The van der Waals surface area contributed by atoms with E-state index in [9.17, 15) is 4.39 Å². The fraction of sp³-hybridized carbons (Fsp3) is 0.357. The van der Waals surface area contributed by atoms with Crippen molar-refractivity contribution in [1.82, 2.24) is 4.98 Å². The molecular formula is C14H16ClFN2S. The van der Waals surface area contributed by atoms with Gasteiger partial charge in [-0.1, -0.05) is 23.7 Å². The number of hydrogen-bond acceptors (Lipinski definition) is 3. The van der Waals surface area contributed by atoms with Crippen LogP contribution in [0.1, 0.15) is 21.1 Å². The Hall–Kier alpha value is -0.970. The lowest BCUT2D eigenvalue weighted by molar-refractivity contribution is 0.583. The van der Waals surface area contributed by atoms with Crippen LogP contribution < -0.4 is 5.73 Å². The lowest BCUT2D eigenvalue weighted by Crippen LogP contribution is -2.26. The highest BCUT2D eigenvalue weighted by atomic mass is 35.5. The van der Waals surface area contributed by atoms with Gasteiger partial charge in [-0.2, -0.15) is 0 Å². The number of nitrogens with zero attached hydrogens (tertiary/aromatic N) is 1. The van der Waals surface area contributed by atoms with Crippen LogP contribution in [0.3, 0.4) is 0 Å². The largest absolute Gasteiger partial charge is 0.327 e. The monoisotopic (exact) mass is 298 g/mol. The number of rotatable bonds is 4. The van der Waals surface area contributed by atoms with Gasteiger partial charge in [-0.25, -0.2) is 9.37 Å². The van der Waals surface area contributed by atoms with Crippen LogP contribution in [0.2, 0.25) is 5.02 Å². The highest BCUT2D eigenvalue weighted by Crippen LogP contribution is 2.21. The van der Waals surface area contributed by atoms with Gasteiger partial charge < -0.3 is 5.73 Å². The summed E-state index contributed by atoms with van der Waals surface area (Å²) < 4.78 is 13.8. The minimum absolute atomic E-state index is 0.144. The zero-order chi connectivity index (χ0) is 14.0. The van der Waals surface area contributed by atoms with E-state index >= 15 is 0 Å². The summed E-state index contributed by atoms with van der Waals surface area (Å²) >= 11 is 7.41. The molecule has 2 nitrogen and oxygen atoms in total. The summed E-state index contributed by atoms with van der Waals surface area (Å²) in [5.41, 5.74) is 7.68. The van der Waals surface area contributed by atoms with E-state index in [-0.39, 0.29) is 16.9 Å². The summed E-state index contributed by atoms with van der Waals surface area (Å²) in [5.74, 6) is -0.369. The average molecular weight is 299 g/mol. The van der Waals surface area contributed by atoms with Crippen LogP contribution in [0.5, 0.6) is 0 Å². The van der Waals surface area contributed by atoms with Crippen molar-refractivity contribution in [3.63, 3.8) is 0 Å². The van der Waals surface area contributed by atoms with Crippen LogP contribution in [0.15, 0.2) is 18.2 Å². The topological polar surface area (TPSA) is 38.9 Å². The van der Waals surface area contributed by atoms with E-state index in [0.29, 0.717) is 18.4 Å². The molecule has 1 aromatic carbocycles. The predicted octanol–water partition coefficient (Wildman–Crippen LogP) is 3.66. The Morgan fingerprint density at radius 2 is 2.11 bits per heavy atom. The van der Waals surface area contributed by atoms with Crippen LogP contribution in [0.25, 0.3) is 0 Å². The Morgan fingerprint density at radius 1 is 1.37 bits per heavy atom. The highest BCUT2D eigenvalue weighted by molar-refractivity contribution is 7.11. The maximum Gasteiger partial charge on any atom is 0.145 e. The Labute approximate surface area is 121 Å². The van der Waals surface area contributed by atoms with E-state index in [2.05, 4.69) is 4.98 Å². The Balaban J connectivity index is 2.05. The van der Waals surface area contributed by atoms with Gasteiger partial charge in [-0.05, 0) is 31.9 Å². The zero-order valence-electron chi connectivity index (χ0n) is 10.9. The summed E-state index contributed by atoms with van der Waals surface area (Å²) in [5, 5.41) is 1.15. The molecule has 0 spiro atoms. The van der Waals surface area contributed by atoms with Gasteiger partial charge in [0.25, 0.3) is 0 Å². The summed E-state index contributed by atoms with van der Waals surface area (Å²) in [6, 6.07) is 4.85. The Bertz CT molecular complexity index is 563. The summed E-state index contributed by atoms with van der Waals surface area (Å²) in [6.07, 6.45) is 1.12. The number of nitrogens with two attached hydrogens (primary N) is 1. The molecule has 0 aliphatic rings. The smallest absolute Gasteiger partial charge is 0.145 e. The number of aromatic nitrogens is 1. The molecule has 0 saturated heterocycles. The molecule has 2 rings (SSSR count). The fourth-order valence-electron chi connectivity index (χ4n) is 1.91. The van der Waals surface area contributed by atoms with Gasteiger partial charge in [0.05, 0.1) is 15.7 Å². The number of thiazole rings is 1. The highest BCUT2D eigenvalue weighted by Gasteiger charge is 2.13. The van der Waals surface area contributed by atoms with Gasteiger partial charge in [0, 0.05) is 17.3 Å². The lowest BCUT2D eigenvalue weighted by atomic mass is 10.0. The molecule has 0 saturated carbocycles. The lowest BCUT2D eigenvalue weighted by Gasteiger charge is -2.11. The van der Waals surface area contributed by atoms with Crippen LogP contribution in [0.4, 0.5) is 4.39 Å². The molecule has 0 radical (unpaired) electrons. The SMILES string of the molecule is Cc1nc(CC(N)Cc2cccc(Cl)c2F)sc1C. The van der Waals surface area contributed by atoms with Crippen molar-refractivity contribution in [2.24, 2.45) is 5.73 Å². The van der Waals surface area contributed by atoms with E-state index in [1.165, 1.54) is 4.88 Å². The Morgan fingerprint density at radius 3 is 2.74 bits per heavy atom. The molecule has 0 bridgehead atoms. The van der Waals surface area contributed by atoms with Gasteiger partial charge in [-0.3, -0.25) is 0 Å². The predicted molar refractivity (Wildman–Crippen MR) is 78.4 cm³/mol. The molecular weight excluding hydrogens is 283 g/mol.